The molecule has 2 N–H and O–H groups in total. The average molecular weight is 257 g/mol. The zero-order chi connectivity index (χ0) is 13.7. The number of hydrogen-bond donors (Lipinski definition) is 2. The smallest absolute Gasteiger partial charge is 0.312 e. The molecule has 0 unspecified atom stereocenters. The quantitative estimate of drug-likeness (QED) is 0.811. The van der Waals surface area contributed by atoms with Crippen LogP contribution in [0.15, 0.2) is 42.7 Å². The molecule has 1 aromatic heterocycles. The summed E-state index contributed by atoms with van der Waals surface area (Å²) in [6, 6.07) is 9.39. The van der Waals surface area contributed by atoms with Crippen LogP contribution in [0, 0.1) is 0 Å². The standard InChI is InChI=1S/C13H11N3O3/c17-11(6-12(18)19)16-10-7-14-13(15-8-10)9-4-2-1-3-5-9/h1-5,7-8H,6H2,(H,16,17)(H,18,19). The molecule has 1 aromatic carbocycles. The molecule has 2 aromatic rings. The minimum atomic E-state index is -1.18. The third-order valence-electron chi connectivity index (χ3n) is 2.28. The molecule has 0 aliphatic rings. The number of anilines is 1. The van der Waals surface area contributed by atoms with Crippen molar-refractivity contribution in [3.8, 4) is 11.4 Å². The van der Waals surface area contributed by atoms with Crippen LogP contribution >= 0.6 is 0 Å². The molecule has 0 radical (unpaired) electrons. The lowest BCUT2D eigenvalue weighted by atomic mass is 10.2. The minimum absolute atomic E-state index is 0.367. The van der Waals surface area contributed by atoms with Crippen molar-refractivity contribution in [1.29, 1.82) is 0 Å². The molecule has 96 valence electrons. The molecule has 0 saturated heterocycles. The van der Waals surface area contributed by atoms with Gasteiger partial charge in [-0.15, -0.1) is 0 Å². The van der Waals surface area contributed by atoms with Crippen LogP contribution in [0.5, 0.6) is 0 Å². The SMILES string of the molecule is O=C(O)CC(=O)Nc1cnc(-c2ccccc2)nc1. The van der Waals surface area contributed by atoms with E-state index < -0.39 is 18.3 Å². The van der Waals surface area contributed by atoms with Gasteiger partial charge in [0.25, 0.3) is 0 Å². The van der Waals surface area contributed by atoms with Crippen LogP contribution in [-0.2, 0) is 9.59 Å². The van der Waals surface area contributed by atoms with Crippen molar-refractivity contribution in [3.05, 3.63) is 42.7 Å². The first-order valence-corrected chi connectivity index (χ1v) is 5.54. The summed E-state index contributed by atoms with van der Waals surface area (Å²) in [6.45, 7) is 0. The van der Waals surface area contributed by atoms with Gasteiger partial charge in [-0.2, -0.15) is 0 Å². The number of carboxylic acid groups (broad SMARTS) is 1. The Balaban J connectivity index is 2.07. The zero-order valence-corrected chi connectivity index (χ0v) is 9.91. The maximum Gasteiger partial charge on any atom is 0.312 e. The maximum atomic E-state index is 11.2. The number of rotatable bonds is 4. The van der Waals surface area contributed by atoms with E-state index in [-0.39, 0.29) is 0 Å². The van der Waals surface area contributed by atoms with Crippen molar-refractivity contribution in [1.82, 2.24) is 9.97 Å². The Labute approximate surface area is 109 Å². The van der Waals surface area contributed by atoms with Gasteiger partial charge in [0.15, 0.2) is 5.82 Å². The average Bonchev–Trinajstić information content (AvgIpc) is 2.39. The van der Waals surface area contributed by atoms with Gasteiger partial charge in [-0.25, -0.2) is 9.97 Å². The van der Waals surface area contributed by atoms with E-state index in [1.54, 1.807) is 0 Å². The number of aromatic nitrogens is 2. The molecule has 0 atom stereocenters. The molecule has 0 bridgehead atoms. The summed E-state index contributed by atoms with van der Waals surface area (Å²) in [4.78, 5) is 29.8. The summed E-state index contributed by atoms with van der Waals surface area (Å²) in [5.74, 6) is -1.25. The Kier molecular flexibility index (Phi) is 3.82. The number of carboxylic acids is 1. The highest BCUT2D eigenvalue weighted by Gasteiger charge is 2.08. The van der Waals surface area contributed by atoms with Gasteiger partial charge in [-0.05, 0) is 0 Å². The first kappa shape index (κ1) is 12.7. The lowest BCUT2D eigenvalue weighted by Gasteiger charge is -2.04. The number of benzene rings is 1. The molecule has 0 aliphatic heterocycles. The van der Waals surface area contributed by atoms with E-state index in [1.165, 1.54) is 12.4 Å². The monoisotopic (exact) mass is 257 g/mol. The van der Waals surface area contributed by atoms with Crippen molar-refractivity contribution in [2.75, 3.05) is 5.32 Å². The molecule has 6 nitrogen and oxygen atoms in total. The van der Waals surface area contributed by atoms with E-state index in [4.69, 9.17) is 5.11 Å². The predicted octanol–water partition coefficient (Wildman–Crippen LogP) is 1.56. The first-order chi connectivity index (χ1) is 9.15. The highest BCUT2D eigenvalue weighted by molar-refractivity contribution is 6.01. The van der Waals surface area contributed by atoms with Crippen LogP contribution in [0.1, 0.15) is 6.42 Å². The molecular formula is C13H11N3O3. The number of aliphatic carboxylic acids is 1. The van der Waals surface area contributed by atoms with Crippen molar-refractivity contribution >= 4 is 17.6 Å². The van der Waals surface area contributed by atoms with E-state index in [2.05, 4.69) is 15.3 Å². The van der Waals surface area contributed by atoms with Crippen LogP contribution < -0.4 is 5.32 Å². The van der Waals surface area contributed by atoms with Crippen LogP contribution in [0.3, 0.4) is 0 Å². The van der Waals surface area contributed by atoms with Gasteiger partial charge in [-0.1, -0.05) is 30.3 Å². The third-order valence-corrected chi connectivity index (χ3v) is 2.28. The van der Waals surface area contributed by atoms with E-state index in [9.17, 15) is 9.59 Å². The number of carbonyl (C=O) groups excluding carboxylic acids is 1. The zero-order valence-electron chi connectivity index (χ0n) is 9.91. The van der Waals surface area contributed by atoms with E-state index in [0.29, 0.717) is 11.5 Å². The Morgan fingerprint density at radius 2 is 1.74 bits per heavy atom. The molecule has 2 rings (SSSR count). The van der Waals surface area contributed by atoms with Crippen molar-refractivity contribution in [2.24, 2.45) is 0 Å². The van der Waals surface area contributed by atoms with Gasteiger partial charge in [0.2, 0.25) is 5.91 Å². The number of hydrogen-bond acceptors (Lipinski definition) is 4. The van der Waals surface area contributed by atoms with Crippen LogP contribution in [0.25, 0.3) is 11.4 Å². The second-order valence-electron chi connectivity index (χ2n) is 3.78. The second kappa shape index (κ2) is 5.72. The summed E-state index contributed by atoms with van der Waals surface area (Å²) in [5, 5.41) is 10.9. The van der Waals surface area contributed by atoms with E-state index in [1.807, 2.05) is 30.3 Å². The highest BCUT2D eigenvalue weighted by atomic mass is 16.4. The molecule has 0 spiro atoms. The number of nitrogens with zero attached hydrogens (tertiary/aromatic N) is 2. The molecule has 1 amide bonds. The predicted molar refractivity (Wildman–Crippen MR) is 68.4 cm³/mol. The van der Waals surface area contributed by atoms with Gasteiger partial charge < -0.3 is 10.4 Å². The van der Waals surface area contributed by atoms with Crippen LogP contribution in [0.2, 0.25) is 0 Å². The summed E-state index contributed by atoms with van der Waals surface area (Å²) in [6.07, 6.45) is 2.30. The fourth-order valence-corrected chi connectivity index (χ4v) is 1.47. The molecule has 0 aliphatic carbocycles. The second-order valence-corrected chi connectivity index (χ2v) is 3.78. The fourth-order valence-electron chi connectivity index (χ4n) is 1.47. The normalized spacial score (nSPS) is 9.89. The Hall–Kier alpha value is -2.76. The number of nitrogens with one attached hydrogen (secondary N) is 1. The Morgan fingerprint density at radius 3 is 2.32 bits per heavy atom. The van der Waals surface area contributed by atoms with Gasteiger partial charge in [0.05, 0.1) is 18.1 Å². The van der Waals surface area contributed by atoms with Crippen LogP contribution in [-0.4, -0.2) is 27.0 Å². The molecule has 1 heterocycles. The van der Waals surface area contributed by atoms with Crippen molar-refractivity contribution in [2.45, 2.75) is 6.42 Å². The Morgan fingerprint density at radius 1 is 1.11 bits per heavy atom. The topological polar surface area (TPSA) is 92.2 Å². The van der Waals surface area contributed by atoms with Crippen molar-refractivity contribution in [3.63, 3.8) is 0 Å². The largest absolute Gasteiger partial charge is 0.481 e. The minimum Gasteiger partial charge on any atom is -0.481 e. The molecule has 6 heteroatoms. The number of amides is 1. The third kappa shape index (κ3) is 3.60. The highest BCUT2D eigenvalue weighted by Crippen LogP contribution is 2.14. The van der Waals surface area contributed by atoms with Gasteiger partial charge in [0, 0.05) is 5.56 Å². The van der Waals surface area contributed by atoms with Gasteiger partial charge in [0.1, 0.15) is 6.42 Å². The summed E-state index contributed by atoms with van der Waals surface area (Å²) in [5.41, 5.74) is 1.23. The van der Waals surface area contributed by atoms with Gasteiger partial charge >= 0.3 is 5.97 Å². The molecule has 0 fully saturated rings. The van der Waals surface area contributed by atoms with Crippen LogP contribution in [0.4, 0.5) is 5.69 Å². The summed E-state index contributed by atoms with van der Waals surface area (Å²) < 4.78 is 0. The lowest BCUT2D eigenvalue weighted by molar-refractivity contribution is -0.139. The molecule has 19 heavy (non-hydrogen) atoms. The molecular weight excluding hydrogens is 246 g/mol. The summed E-state index contributed by atoms with van der Waals surface area (Å²) >= 11 is 0. The Bertz CT molecular complexity index is 582. The van der Waals surface area contributed by atoms with Crippen molar-refractivity contribution < 1.29 is 14.7 Å². The number of carbonyl (C=O) groups is 2. The lowest BCUT2D eigenvalue weighted by Crippen LogP contribution is -2.16. The fraction of sp³-hybridized carbons (Fsp3) is 0.0769. The molecule has 0 saturated carbocycles. The van der Waals surface area contributed by atoms with E-state index >= 15 is 0 Å². The van der Waals surface area contributed by atoms with E-state index in [0.717, 1.165) is 5.56 Å². The first-order valence-electron chi connectivity index (χ1n) is 5.54. The van der Waals surface area contributed by atoms with Gasteiger partial charge in [-0.3, -0.25) is 9.59 Å². The maximum absolute atomic E-state index is 11.2. The summed E-state index contributed by atoms with van der Waals surface area (Å²) in [7, 11) is 0.